The van der Waals surface area contributed by atoms with Crippen LogP contribution < -0.4 is 5.32 Å². The van der Waals surface area contributed by atoms with Crippen molar-refractivity contribution in [2.45, 2.75) is 32.4 Å². The molecule has 0 aliphatic carbocycles. The van der Waals surface area contributed by atoms with E-state index in [4.69, 9.17) is 0 Å². The lowest BCUT2D eigenvalue weighted by atomic mass is 9.97. The van der Waals surface area contributed by atoms with Crippen molar-refractivity contribution in [3.8, 4) is 0 Å². The third-order valence-electron chi connectivity index (χ3n) is 2.62. The van der Waals surface area contributed by atoms with Gasteiger partial charge >= 0.3 is 0 Å². The van der Waals surface area contributed by atoms with Crippen LogP contribution in [-0.2, 0) is 0 Å². The Kier molecular flexibility index (Phi) is 2.90. The van der Waals surface area contributed by atoms with Crippen molar-refractivity contribution >= 4 is 0 Å². The number of hydrogen-bond acceptors (Lipinski definition) is 2. The van der Waals surface area contributed by atoms with Gasteiger partial charge in [0.05, 0.1) is 0 Å². The van der Waals surface area contributed by atoms with Gasteiger partial charge in [0.15, 0.2) is 0 Å². The number of rotatable bonds is 2. The molecule has 1 rings (SSSR count). The molecule has 2 nitrogen and oxygen atoms in total. The average Bonchev–Trinajstić information content (AvgIpc) is 2.32. The van der Waals surface area contributed by atoms with Crippen LogP contribution in [0.4, 0.5) is 0 Å². The molecule has 0 unspecified atom stereocenters. The quantitative estimate of drug-likeness (QED) is 0.640. The number of likely N-dealkylation sites (N-methyl/N-ethyl adjacent to an activating group) is 1. The van der Waals surface area contributed by atoms with E-state index in [1.54, 1.807) is 0 Å². The molecule has 0 amide bonds. The lowest BCUT2D eigenvalue weighted by Gasteiger charge is -2.28. The highest BCUT2D eigenvalue weighted by molar-refractivity contribution is 4.90. The molecule has 0 bridgehead atoms. The van der Waals surface area contributed by atoms with Crippen LogP contribution in [0.25, 0.3) is 0 Å². The molecule has 2 heteroatoms. The van der Waals surface area contributed by atoms with Crippen LogP contribution in [0.3, 0.4) is 0 Å². The Bertz CT molecular complexity index is 107. The Morgan fingerprint density at radius 3 is 2.36 bits per heavy atom. The molecular weight excluding hydrogens is 136 g/mol. The Labute approximate surface area is 70.0 Å². The normalized spacial score (nSPS) is 32.2. The zero-order valence-electron chi connectivity index (χ0n) is 8.09. The van der Waals surface area contributed by atoms with Gasteiger partial charge in [-0.3, -0.25) is 0 Å². The second-order valence-corrected chi connectivity index (χ2v) is 4.04. The minimum absolute atomic E-state index is 0.699. The van der Waals surface area contributed by atoms with Crippen molar-refractivity contribution in [1.29, 1.82) is 0 Å². The van der Waals surface area contributed by atoms with E-state index in [0.717, 1.165) is 12.0 Å². The summed E-state index contributed by atoms with van der Waals surface area (Å²) in [7, 11) is 4.35. The van der Waals surface area contributed by atoms with Crippen molar-refractivity contribution in [1.82, 2.24) is 10.2 Å². The fraction of sp³-hybridized carbons (Fsp3) is 1.00. The van der Waals surface area contributed by atoms with E-state index in [0.29, 0.717) is 6.04 Å². The molecule has 1 heterocycles. The smallest absolute Gasteiger partial charge is 0.0257 e. The summed E-state index contributed by atoms with van der Waals surface area (Å²) in [6.07, 6.45) is 1.30. The van der Waals surface area contributed by atoms with Gasteiger partial charge in [-0.15, -0.1) is 0 Å². The van der Waals surface area contributed by atoms with Gasteiger partial charge in [0.1, 0.15) is 0 Å². The van der Waals surface area contributed by atoms with Crippen LogP contribution >= 0.6 is 0 Å². The first-order chi connectivity index (χ1) is 5.13. The van der Waals surface area contributed by atoms with Gasteiger partial charge in [0.25, 0.3) is 0 Å². The first kappa shape index (κ1) is 9.01. The molecule has 1 fully saturated rings. The lowest BCUT2D eigenvalue weighted by Crippen LogP contribution is -2.42. The van der Waals surface area contributed by atoms with Gasteiger partial charge in [0, 0.05) is 12.1 Å². The molecule has 1 N–H and O–H groups in total. The standard InChI is InChI=1S/C9H20N2/c1-7(2)9-8(11(3)4)5-6-10-9/h7-10H,5-6H2,1-4H3/t8-,9-/m1/s1. The molecule has 0 spiro atoms. The molecule has 0 saturated carbocycles. The molecule has 1 saturated heterocycles. The largest absolute Gasteiger partial charge is 0.312 e. The van der Waals surface area contributed by atoms with Gasteiger partial charge in [0.2, 0.25) is 0 Å². The first-order valence-electron chi connectivity index (χ1n) is 4.52. The Morgan fingerprint density at radius 2 is 2.00 bits per heavy atom. The van der Waals surface area contributed by atoms with Crippen LogP contribution in [0.15, 0.2) is 0 Å². The lowest BCUT2D eigenvalue weighted by molar-refractivity contribution is 0.236. The van der Waals surface area contributed by atoms with Gasteiger partial charge in [-0.05, 0) is 33.0 Å². The van der Waals surface area contributed by atoms with Crippen LogP contribution in [0.2, 0.25) is 0 Å². The molecule has 0 aromatic heterocycles. The summed E-state index contributed by atoms with van der Waals surface area (Å²) >= 11 is 0. The zero-order chi connectivity index (χ0) is 8.43. The predicted molar refractivity (Wildman–Crippen MR) is 48.7 cm³/mol. The summed E-state index contributed by atoms with van der Waals surface area (Å²) in [5.41, 5.74) is 0. The van der Waals surface area contributed by atoms with E-state index in [9.17, 15) is 0 Å². The van der Waals surface area contributed by atoms with Gasteiger partial charge in [-0.2, -0.15) is 0 Å². The third kappa shape index (κ3) is 1.94. The van der Waals surface area contributed by atoms with Crippen LogP contribution in [0, 0.1) is 5.92 Å². The number of hydrogen-bond donors (Lipinski definition) is 1. The molecule has 0 aromatic rings. The summed E-state index contributed by atoms with van der Waals surface area (Å²) in [6, 6.07) is 1.44. The molecule has 1 aliphatic heterocycles. The van der Waals surface area contributed by atoms with E-state index in [2.05, 4.69) is 38.2 Å². The van der Waals surface area contributed by atoms with E-state index < -0.39 is 0 Å². The predicted octanol–water partition coefficient (Wildman–Crippen LogP) is 0.934. The highest BCUT2D eigenvalue weighted by Gasteiger charge is 2.30. The van der Waals surface area contributed by atoms with Crippen molar-refractivity contribution in [3.05, 3.63) is 0 Å². The molecular formula is C9H20N2. The minimum atomic E-state index is 0.699. The van der Waals surface area contributed by atoms with E-state index in [1.807, 2.05) is 0 Å². The molecule has 2 atom stereocenters. The monoisotopic (exact) mass is 156 g/mol. The van der Waals surface area contributed by atoms with Crippen molar-refractivity contribution in [2.24, 2.45) is 5.92 Å². The van der Waals surface area contributed by atoms with E-state index in [1.165, 1.54) is 13.0 Å². The first-order valence-corrected chi connectivity index (χ1v) is 4.52. The second kappa shape index (κ2) is 3.55. The van der Waals surface area contributed by atoms with Crippen molar-refractivity contribution in [3.63, 3.8) is 0 Å². The summed E-state index contributed by atoms with van der Waals surface area (Å²) < 4.78 is 0. The molecule has 1 aliphatic rings. The zero-order valence-corrected chi connectivity index (χ0v) is 8.09. The SMILES string of the molecule is CC(C)[C@H]1NCC[C@H]1N(C)C. The molecule has 0 aromatic carbocycles. The average molecular weight is 156 g/mol. The Morgan fingerprint density at radius 1 is 1.36 bits per heavy atom. The van der Waals surface area contributed by atoms with Crippen molar-refractivity contribution < 1.29 is 0 Å². The van der Waals surface area contributed by atoms with E-state index >= 15 is 0 Å². The Balaban J connectivity index is 2.51. The molecule has 0 radical (unpaired) electrons. The highest BCUT2D eigenvalue weighted by Crippen LogP contribution is 2.18. The maximum absolute atomic E-state index is 3.55. The topological polar surface area (TPSA) is 15.3 Å². The highest BCUT2D eigenvalue weighted by atomic mass is 15.2. The Hall–Kier alpha value is -0.0800. The van der Waals surface area contributed by atoms with Crippen LogP contribution in [-0.4, -0.2) is 37.6 Å². The summed E-state index contributed by atoms with van der Waals surface area (Å²) in [4.78, 5) is 2.34. The van der Waals surface area contributed by atoms with Gasteiger partial charge < -0.3 is 10.2 Å². The number of nitrogens with one attached hydrogen (secondary N) is 1. The van der Waals surface area contributed by atoms with Crippen LogP contribution in [0.1, 0.15) is 20.3 Å². The molecule has 11 heavy (non-hydrogen) atoms. The van der Waals surface area contributed by atoms with Gasteiger partial charge in [-0.25, -0.2) is 0 Å². The van der Waals surface area contributed by atoms with Gasteiger partial charge in [-0.1, -0.05) is 13.8 Å². The van der Waals surface area contributed by atoms with E-state index in [-0.39, 0.29) is 0 Å². The summed E-state index contributed by atoms with van der Waals surface area (Å²) in [5, 5.41) is 3.55. The fourth-order valence-corrected chi connectivity index (χ4v) is 1.97. The molecule has 66 valence electrons. The van der Waals surface area contributed by atoms with Crippen LogP contribution in [0.5, 0.6) is 0 Å². The summed E-state index contributed by atoms with van der Waals surface area (Å²) in [6.45, 7) is 5.77. The second-order valence-electron chi connectivity index (χ2n) is 4.04. The third-order valence-corrected chi connectivity index (χ3v) is 2.62. The van der Waals surface area contributed by atoms with Crippen molar-refractivity contribution in [2.75, 3.05) is 20.6 Å². The fourth-order valence-electron chi connectivity index (χ4n) is 1.97. The minimum Gasteiger partial charge on any atom is -0.312 e. The summed E-state index contributed by atoms with van der Waals surface area (Å²) in [5.74, 6) is 0.755. The maximum atomic E-state index is 3.55. The maximum Gasteiger partial charge on any atom is 0.0257 e. The number of nitrogens with zero attached hydrogens (tertiary/aromatic N) is 1.